The van der Waals surface area contributed by atoms with Gasteiger partial charge in [-0.3, -0.25) is 14.4 Å². The average molecular weight is 889 g/mol. The maximum absolute atomic E-state index is 14.5. The normalized spacial score (nSPS) is 14.4. The van der Waals surface area contributed by atoms with E-state index in [0.29, 0.717) is 46.8 Å². The van der Waals surface area contributed by atoms with Gasteiger partial charge in [-0.2, -0.15) is 0 Å². The first kappa shape index (κ1) is 50.2. The van der Waals surface area contributed by atoms with E-state index in [9.17, 15) is 38.3 Å². The van der Waals surface area contributed by atoms with Crippen LogP contribution in [0.1, 0.15) is 106 Å². The van der Waals surface area contributed by atoms with Crippen molar-refractivity contribution in [3.05, 3.63) is 91.5 Å². The Morgan fingerprint density at radius 3 is 2.25 bits per heavy atom. The lowest BCUT2D eigenvalue weighted by Crippen LogP contribution is -2.51. The number of aliphatic hydroxyl groups excluding tert-OH is 1. The minimum atomic E-state index is -1.48. The van der Waals surface area contributed by atoms with E-state index in [2.05, 4.69) is 26.0 Å². The van der Waals surface area contributed by atoms with Crippen molar-refractivity contribution in [2.45, 2.75) is 119 Å². The number of aryl methyl sites for hydroxylation is 2. The Bertz CT molecular complexity index is 2420. The molecule has 0 radical (unpaired) electrons. The molecule has 2 aromatic carbocycles. The highest BCUT2D eigenvalue weighted by Crippen LogP contribution is 2.42. The number of fused-ring (bicyclic) bond motifs is 5. The number of halogens is 1. The van der Waals surface area contributed by atoms with Gasteiger partial charge in [-0.15, -0.1) is 0 Å². The number of amides is 5. The smallest absolute Gasteiger partial charge is 0.404 e. The van der Waals surface area contributed by atoms with E-state index >= 15 is 0 Å². The van der Waals surface area contributed by atoms with Crippen LogP contribution in [0.2, 0.25) is 0 Å². The van der Waals surface area contributed by atoms with Gasteiger partial charge < -0.3 is 51.9 Å². The van der Waals surface area contributed by atoms with Gasteiger partial charge in [0, 0.05) is 40.9 Å². The number of nitrogens with one attached hydrogen (secondary N) is 4. The second-order valence-corrected chi connectivity index (χ2v) is 15.9. The molecule has 18 heteroatoms. The van der Waals surface area contributed by atoms with Gasteiger partial charge in [0.1, 0.15) is 19.0 Å². The van der Waals surface area contributed by atoms with E-state index in [0.717, 1.165) is 53.3 Å². The molecule has 0 spiro atoms. The topological polar surface area (TPSA) is 259 Å². The van der Waals surface area contributed by atoms with E-state index in [1.807, 2.05) is 48.5 Å². The number of cyclic esters (lactones) is 1. The number of pyridine rings is 2. The fourth-order valence-corrected chi connectivity index (χ4v) is 7.56. The standard InChI is InChI=1S/C22H17FN2O4.C18H28N4O4.C4H10N2O.C2H6/c1-9-10-3-2-4-11-13-7-25-17(19(13)24-16(18(10)11)6-15(9)23)5-12-14(21(25)27)8-29-22(28)20(12)26;1-11(2)16(21-12(3)4)17(24)20-9-15(23)22-14-7-5-13(6-8-14)10-26-18(19)25;1-2-3-6-4(5)7;1-2/h5-6,20,26H,2-4,7-8H2,1H3;5-8,11-12,16,21H,9-10H2,1-4H3,(H2,19,25)(H,20,24)(H,22,23);2-3H2,1H3,(H3,5,6,7);1-2H3. The van der Waals surface area contributed by atoms with Crippen molar-refractivity contribution in [1.29, 1.82) is 0 Å². The Morgan fingerprint density at radius 1 is 0.984 bits per heavy atom. The molecule has 7 rings (SSSR count). The molecule has 346 valence electrons. The van der Waals surface area contributed by atoms with Crippen molar-refractivity contribution in [3.8, 4) is 11.4 Å². The average Bonchev–Trinajstić information content (AvgIpc) is 3.64. The third-order valence-electron chi connectivity index (χ3n) is 10.6. The van der Waals surface area contributed by atoms with Crippen LogP contribution in [0.15, 0.2) is 41.2 Å². The SMILES string of the molecule is CC.CC(C)NC(C(=O)NCC(=O)Nc1ccc(COC(N)=O)cc1)C(C)C.CCCNC(N)=O.Cc1c(F)cc2nc3c(c4c2c1CCC4)Cn1c-3cc2c(c1=O)COC(=O)C2O. The maximum atomic E-state index is 14.5. The molecule has 64 heavy (non-hydrogen) atoms. The van der Waals surface area contributed by atoms with E-state index in [1.54, 1.807) is 41.8 Å². The number of ether oxygens (including phenoxy) is 2. The van der Waals surface area contributed by atoms with E-state index in [-0.39, 0.29) is 66.5 Å². The number of aliphatic hydroxyl groups is 1. The molecule has 4 heterocycles. The van der Waals surface area contributed by atoms with Crippen LogP contribution in [-0.2, 0) is 56.5 Å². The van der Waals surface area contributed by atoms with Crippen LogP contribution in [-0.4, -0.2) is 69.7 Å². The van der Waals surface area contributed by atoms with Crippen molar-refractivity contribution >= 4 is 46.5 Å². The molecule has 0 saturated heterocycles. The molecule has 9 N–H and O–H groups in total. The lowest BCUT2D eigenvalue weighted by Gasteiger charge is -2.23. The zero-order valence-electron chi connectivity index (χ0n) is 37.8. The van der Waals surface area contributed by atoms with Gasteiger partial charge in [0.15, 0.2) is 6.10 Å². The molecule has 3 aliphatic rings. The molecule has 5 amide bonds. The number of carbonyl (C=O) groups is 5. The number of rotatable bonds is 11. The highest BCUT2D eigenvalue weighted by atomic mass is 19.1. The number of esters is 1. The molecule has 0 fully saturated rings. The third kappa shape index (κ3) is 12.2. The Balaban J connectivity index is 0.000000238. The summed E-state index contributed by atoms with van der Waals surface area (Å²) in [6, 6.07) is 9.26. The predicted octanol–water partition coefficient (Wildman–Crippen LogP) is 4.90. The van der Waals surface area contributed by atoms with E-state index in [1.165, 1.54) is 6.07 Å². The predicted molar refractivity (Wildman–Crippen MR) is 241 cm³/mol. The van der Waals surface area contributed by atoms with Crippen molar-refractivity contribution < 1.29 is 42.9 Å². The largest absolute Gasteiger partial charge is 0.458 e. The number of anilines is 1. The highest BCUT2D eigenvalue weighted by Gasteiger charge is 2.35. The van der Waals surface area contributed by atoms with Crippen LogP contribution in [0.4, 0.5) is 19.7 Å². The first-order valence-electron chi connectivity index (χ1n) is 21.5. The summed E-state index contributed by atoms with van der Waals surface area (Å²) in [6.45, 7) is 16.5. The molecule has 2 aromatic heterocycles. The first-order chi connectivity index (χ1) is 30.4. The van der Waals surface area contributed by atoms with Gasteiger partial charge in [0.05, 0.1) is 41.6 Å². The zero-order chi connectivity index (χ0) is 47.4. The van der Waals surface area contributed by atoms with Gasteiger partial charge >= 0.3 is 18.1 Å². The summed E-state index contributed by atoms with van der Waals surface area (Å²) in [5.74, 6) is -1.46. The lowest BCUT2D eigenvalue weighted by atomic mass is 9.85. The summed E-state index contributed by atoms with van der Waals surface area (Å²) in [5, 5.41) is 22.2. The minimum Gasteiger partial charge on any atom is -0.458 e. The molecule has 2 unspecified atom stereocenters. The fourth-order valence-electron chi connectivity index (χ4n) is 7.56. The minimum absolute atomic E-state index is 0.0685. The number of nitrogens with two attached hydrogens (primary N) is 2. The number of carbonyl (C=O) groups excluding carboxylic acids is 5. The zero-order valence-corrected chi connectivity index (χ0v) is 37.8. The summed E-state index contributed by atoms with van der Waals surface area (Å²) < 4.78 is 25.7. The molecule has 2 aliphatic heterocycles. The van der Waals surface area contributed by atoms with Gasteiger partial charge in [-0.1, -0.05) is 60.6 Å². The Labute approximate surface area is 371 Å². The van der Waals surface area contributed by atoms with Crippen LogP contribution < -0.4 is 38.3 Å². The van der Waals surface area contributed by atoms with Gasteiger partial charge in [-0.05, 0) is 79.0 Å². The molecule has 0 saturated carbocycles. The van der Waals surface area contributed by atoms with Crippen LogP contribution in [0.5, 0.6) is 0 Å². The van der Waals surface area contributed by atoms with Crippen LogP contribution in [0.3, 0.4) is 0 Å². The fraction of sp³-hybridized carbons (Fsp3) is 0.457. The number of benzene rings is 2. The second kappa shape index (κ2) is 22.8. The summed E-state index contributed by atoms with van der Waals surface area (Å²) in [6.07, 6.45) is 1.21. The highest BCUT2D eigenvalue weighted by molar-refractivity contribution is 5.95. The molecule has 17 nitrogen and oxygen atoms in total. The van der Waals surface area contributed by atoms with Crippen LogP contribution in [0.25, 0.3) is 22.3 Å². The molecule has 2 atom stereocenters. The van der Waals surface area contributed by atoms with E-state index < -0.39 is 24.2 Å². The quantitative estimate of drug-likeness (QED) is 0.0878. The number of nitrogens with zero attached hydrogens (tertiary/aromatic N) is 2. The third-order valence-corrected chi connectivity index (χ3v) is 10.6. The van der Waals surface area contributed by atoms with E-state index in [4.69, 9.17) is 21.2 Å². The Morgan fingerprint density at radius 2 is 1.66 bits per heavy atom. The molecular formula is C46H61FN8O9. The second-order valence-electron chi connectivity index (χ2n) is 15.9. The molecule has 4 aromatic rings. The van der Waals surface area contributed by atoms with Crippen LogP contribution in [0, 0.1) is 18.7 Å². The van der Waals surface area contributed by atoms with Crippen molar-refractivity contribution in [1.82, 2.24) is 25.5 Å². The molecule has 1 aliphatic carbocycles. The number of aromatic nitrogens is 2. The van der Waals surface area contributed by atoms with Crippen molar-refractivity contribution in [2.24, 2.45) is 17.4 Å². The van der Waals surface area contributed by atoms with Gasteiger partial charge in [-0.25, -0.2) is 23.8 Å². The Kier molecular flexibility index (Phi) is 17.9. The number of urea groups is 1. The monoisotopic (exact) mass is 888 g/mol. The number of primary amides is 2. The van der Waals surface area contributed by atoms with Gasteiger partial charge in [0.2, 0.25) is 11.8 Å². The summed E-state index contributed by atoms with van der Waals surface area (Å²) in [5.41, 5.74) is 16.8. The summed E-state index contributed by atoms with van der Waals surface area (Å²) in [7, 11) is 0. The first-order valence-corrected chi connectivity index (χ1v) is 21.5. The summed E-state index contributed by atoms with van der Waals surface area (Å²) >= 11 is 0. The Hall–Kier alpha value is -6.40. The lowest BCUT2D eigenvalue weighted by molar-refractivity contribution is -0.157. The van der Waals surface area contributed by atoms with Crippen molar-refractivity contribution in [3.63, 3.8) is 0 Å². The van der Waals surface area contributed by atoms with Crippen LogP contribution >= 0.6 is 0 Å². The maximum Gasteiger partial charge on any atom is 0.404 e. The summed E-state index contributed by atoms with van der Waals surface area (Å²) in [4.78, 5) is 74.3. The molecule has 0 bridgehead atoms. The van der Waals surface area contributed by atoms with Crippen molar-refractivity contribution in [2.75, 3.05) is 18.4 Å². The van der Waals surface area contributed by atoms with Gasteiger partial charge in [0.25, 0.3) is 5.56 Å². The molecular weight excluding hydrogens is 828 g/mol. The number of hydrogen-bond donors (Lipinski definition) is 7. The number of hydrogen-bond acceptors (Lipinski definition) is 11.